The number of hydrogen-bond acceptors (Lipinski definition) is 3. The molecule has 1 amide bonds. The van der Waals surface area contributed by atoms with Gasteiger partial charge in [0.25, 0.3) is 5.91 Å². The summed E-state index contributed by atoms with van der Waals surface area (Å²) in [6, 6.07) is 4.72. The highest BCUT2D eigenvalue weighted by Gasteiger charge is 2.32. The number of rotatable bonds is 3. The number of amides is 1. The Morgan fingerprint density at radius 1 is 1.35 bits per heavy atom. The fraction of sp³-hybridized carbons (Fsp3) is 0.385. The van der Waals surface area contributed by atoms with Gasteiger partial charge in [-0.15, -0.1) is 0 Å². The Labute approximate surface area is 126 Å². The van der Waals surface area contributed by atoms with Crippen LogP contribution in [-0.4, -0.2) is 23.0 Å². The number of nitrogens with one attached hydrogen (secondary N) is 1. The second kappa shape index (κ2) is 6.33. The van der Waals surface area contributed by atoms with Crippen molar-refractivity contribution in [1.29, 1.82) is 0 Å². The van der Waals surface area contributed by atoms with Crippen LogP contribution in [0, 0.1) is 5.92 Å². The predicted molar refractivity (Wildman–Crippen MR) is 78.5 cm³/mol. The fourth-order valence-corrected chi connectivity index (χ4v) is 3.09. The molecule has 0 aromatic heterocycles. The number of nitrogens with zero attached hydrogens (tertiary/aromatic N) is 1. The maximum absolute atomic E-state index is 12.3. The lowest BCUT2D eigenvalue weighted by Gasteiger charge is -2.20. The van der Waals surface area contributed by atoms with Gasteiger partial charge in [0.2, 0.25) is 0 Å². The molecule has 1 aliphatic rings. The van der Waals surface area contributed by atoms with E-state index in [1.807, 2.05) is 0 Å². The van der Waals surface area contributed by atoms with E-state index < -0.39 is 0 Å². The second-order valence-electron chi connectivity index (χ2n) is 4.74. The highest BCUT2D eigenvalue weighted by atomic mass is 35.5. The predicted octanol–water partition coefficient (Wildman–Crippen LogP) is 2.64. The first kappa shape index (κ1) is 14.9. The summed E-state index contributed by atoms with van der Waals surface area (Å²) in [6.07, 6.45) is 2.45. The Balaban J connectivity index is 2.16. The van der Waals surface area contributed by atoms with Gasteiger partial charge in [-0.05, 0) is 25.0 Å². The smallest absolute Gasteiger partial charge is 0.254 e. The molecule has 1 aromatic carbocycles. The fourth-order valence-electron chi connectivity index (χ4n) is 2.52. The molecule has 1 aromatic rings. The van der Waals surface area contributed by atoms with Crippen molar-refractivity contribution in [1.82, 2.24) is 5.32 Å². The van der Waals surface area contributed by atoms with Crippen molar-refractivity contribution >= 4 is 34.9 Å². The molecule has 2 unspecified atom stereocenters. The zero-order valence-electron chi connectivity index (χ0n) is 10.6. The van der Waals surface area contributed by atoms with Gasteiger partial charge in [0.1, 0.15) is 5.84 Å². The van der Waals surface area contributed by atoms with Crippen LogP contribution in [0.2, 0.25) is 10.0 Å². The van der Waals surface area contributed by atoms with Gasteiger partial charge in [-0.25, -0.2) is 0 Å². The van der Waals surface area contributed by atoms with E-state index in [4.69, 9.17) is 34.1 Å². The van der Waals surface area contributed by atoms with Crippen LogP contribution in [0.1, 0.15) is 29.6 Å². The molecular weight excluding hydrogens is 301 g/mol. The number of halogens is 2. The summed E-state index contributed by atoms with van der Waals surface area (Å²) in [5.74, 6) is -0.369. The highest BCUT2D eigenvalue weighted by Crippen LogP contribution is 2.28. The molecule has 0 saturated heterocycles. The maximum atomic E-state index is 12.3. The Hall–Kier alpha value is -1.46. The Morgan fingerprint density at radius 3 is 2.60 bits per heavy atom. The van der Waals surface area contributed by atoms with Gasteiger partial charge in [0, 0.05) is 12.0 Å². The van der Waals surface area contributed by atoms with Crippen molar-refractivity contribution in [3.05, 3.63) is 33.8 Å². The van der Waals surface area contributed by atoms with Gasteiger partial charge in [-0.3, -0.25) is 4.79 Å². The average Bonchev–Trinajstić information content (AvgIpc) is 2.85. The first-order valence-electron chi connectivity index (χ1n) is 6.27. The largest absolute Gasteiger partial charge is 0.409 e. The van der Waals surface area contributed by atoms with Gasteiger partial charge in [-0.1, -0.05) is 40.8 Å². The molecule has 108 valence electrons. The summed E-state index contributed by atoms with van der Waals surface area (Å²) in [5, 5.41) is 15.2. The number of oxime groups is 1. The second-order valence-corrected chi connectivity index (χ2v) is 5.55. The quantitative estimate of drug-likeness (QED) is 0.347. The van der Waals surface area contributed by atoms with E-state index in [9.17, 15) is 4.79 Å². The van der Waals surface area contributed by atoms with E-state index in [1.54, 1.807) is 18.2 Å². The number of amidine groups is 1. The summed E-state index contributed by atoms with van der Waals surface area (Å²) >= 11 is 12.0. The van der Waals surface area contributed by atoms with Crippen molar-refractivity contribution in [2.24, 2.45) is 16.8 Å². The molecule has 7 heteroatoms. The molecule has 0 bridgehead atoms. The van der Waals surface area contributed by atoms with Gasteiger partial charge in [0.05, 0.1) is 15.6 Å². The first-order valence-corrected chi connectivity index (χ1v) is 7.02. The van der Waals surface area contributed by atoms with Crippen LogP contribution < -0.4 is 11.1 Å². The lowest BCUT2D eigenvalue weighted by molar-refractivity contribution is 0.0933. The Morgan fingerprint density at radius 2 is 2.00 bits per heavy atom. The zero-order chi connectivity index (χ0) is 14.7. The van der Waals surface area contributed by atoms with Crippen molar-refractivity contribution < 1.29 is 10.0 Å². The van der Waals surface area contributed by atoms with Crippen LogP contribution in [0.3, 0.4) is 0 Å². The van der Waals surface area contributed by atoms with Crippen molar-refractivity contribution in [3.8, 4) is 0 Å². The van der Waals surface area contributed by atoms with Gasteiger partial charge in [0.15, 0.2) is 0 Å². The first-order chi connectivity index (χ1) is 9.54. The van der Waals surface area contributed by atoms with Crippen molar-refractivity contribution in [2.45, 2.75) is 25.3 Å². The Kier molecular flexibility index (Phi) is 4.73. The van der Waals surface area contributed by atoms with E-state index >= 15 is 0 Å². The molecule has 2 atom stereocenters. The van der Waals surface area contributed by atoms with Crippen molar-refractivity contribution in [2.75, 3.05) is 0 Å². The zero-order valence-corrected chi connectivity index (χ0v) is 12.2. The van der Waals surface area contributed by atoms with E-state index in [0.29, 0.717) is 10.0 Å². The van der Waals surface area contributed by atoms with Crippen molar-refractivity contribution in [3.63, 3.8) is 0 Å². The summed E-state index contributed by atoms with van der Waals surface area (Å²) in [4.78, 5) is 12.3. The van der Waals surface area contributed by atoms with E-state index in [-0.39, 0.29) is 29.3 Å². The third-order valence-corrected chi connectivity index (χ3v) is 4.15. The number of nitrogens with two attached hydrogens (primary N) is 1. The molecule has 0 radical (unpaired) electrons. The lowest BCUT2D eigenvalue weighted by Crippen LogP contribution is -2.42. The molecule has 1 fully saturated rings. The third-order valence-electron chi connectivity index (χ3n) is 3.52. The van der Waals surface area contributed by atoms with Crippen LogP contribution in [0.4, 0.5) is 0 Å². The molecule has 0 spiro atoms. The average molecular weight is 316 g/mol. The van der Waals surface area contributed by atoms with Gasteiger partial charge in [-0.2, -0.15) is 0 Å². The summed E-state index contributed by atoms with van der Waals surface area (Å²) < 4.78 is 0. The van der Waals surface area contributed by atoms with Crippen LogP contribution in [-0.2, 0) is 0 Å². The normalized spacial score (nSPS) is 22.8. The Bertz CT molecular complexity index is 528. The minimum absolute atomic E-state index is 0.137. The molecule has 1 aliphatic carbocycles. The topological polar surface area (TPSA) is 87.7 Å². The summed E-state index contributed by atoms with van der Waals surface area (Å²) in [7, 11) is 0. The summed E-state index contributed by atoms with van der Waals surface area (Å²) in [6.45, 7) is 0. The molecule has 20 heavy (non-hydrogen) atoms. The monoisotopic (exact) mass is 315 g/mol. The maximum Gasteiger partial charge on any atom is 0.254 e. The minimum Gasteiger partial charge on any atom is -0.409 e. The van der Waals surface area contributed by atoms with Crippen LogP contribution in [0.25, 0.3) is 0 Å². The number of carbonyl (C=O) groups is 1. The SMILES string of the molecule is NC(=NO)C1CCCC1NC(=O)c1c(Cl)cccc1Cl. The van der Waals surface area contributed by atoms with Crippen LogP contribution in [0.15, 0.2) is 23.4 Å². The molecule has 2 rings (SSSR count). The number of hydrogen-bond donors (Lipinski definition) is 3. The van der Waals surface area contributed by atoms with Crippen LogP contribution >= 0.6 is 23.2 Å². The van der Waals surface area contributed by atoms with Crippen LogP contribution in [0.5, 0.6) is 0 Å². The lowest BCUT2D eigenvalue weighted by atomic mass is 10.0. The van der Waals surface area contributed by atoms with Gasteiger partial charge < -0.3 is 16.3 Å². The standard InChI is InChI=1S/C13H15Cl2N3O2/c14-8-4-2-5-9(15)11(8)13(19)17-10-6-1-3-7(10)12(16)18-20/h2,4-5,7,10,20H,1,3,6H2,(H2,16,18)(H,17,19). The van der Waals surface area contributed by atoms with E-state index in [0.717, 1.165) is 19.3 Å². The summed E-state index contributed by atoms with van der Waals surface area (Å²) in [5.41, 5.74) is 5.89. The third kappa shape index (κ3) is 2.99. The number of benzene rings is 1. The van der Waals surface area contributed by atoms with E-state index in [1.165, 1.54) is 0 Å². The minimum atomic E-state index is -0.344. The molecule has 4 N–H and O–H groups in total. The number of carbonyl (C=O) groups excluding carboxylic acids is 1. The molecule has 5 nitrogen and oxygen atoms in total. The van der Waals surface area contributed by atoms with Gasteiger partial charge >= 0.3 is 0 Å². The highest BCUT2D eigenvalue weighted by molar-refractivity contribution is 6.39. The van der Waals surface area contributed by atoms with E-state index in [2.05, 4.69) is 10.5 Å². The molecular formula is C13H15Cl2N3O2. The molecule has 0 aliphatic heterocycles. The molecule has 0 heterocycles. The molecule has 1 saturated carbocycles.